The Bertz CT molecular complexity index is 11.6. The molecular formula is H11AlBiCuSbSn. The summed E-state index contributed by atoms with van der Waals surface area (Å²) in [7, 11) is 0. The molecule has 0 heterocycles. The van der Waals surface area contributed by atoms with Gasteiger partial charge >= 0.3 is 74.5 Å². The molecule has 39 valence electrons. The average Bonchev–Trinajstić information content (AvgIpc) is 0. The summed E-state index contributed by atoms with van der Waals surface area (Å²) in [5.74, 6) is 0. The number of hydrogen-bond acceptors (Lipinski definition) is 0. The molecule has 0 nitrogen and oxygen atoms in total. The molecule has 5 heavy (non-hydrogen) atoms. The summed E-state index contributed by atoms with van der Waals surface area (Å²) in [6.45, 7) is 0. The van der Waals surface area contributed by atoms with Crippen molar-refractivity contribution in [1.29, 1.82) is 0 Å². The van der Waals surface area contributed by atoms with E-state index in [-0.39, 0.29) is 109 Å². The van der Waals surface area contributed by atoms with Gasteiger partial charge in [-0.15, -0.1) is 0 Å². The molecule has 0 rings (SSSR count). The first kappa shape index (κ1) is 38.7. The van der Waals surface area contributed by atoms with Gasteiger partial charge < -0.3 is 0 Å². The Morgan fingerprint density at radius 2 is 1.00 bits per heavy atom. The van der Waals surface area contributed by atoms with Gasteiger partial charge in [0.15, 0.2) is 17.4 Å². The maximum absolute atomic E-state index is 0. The van der Waals surface area contributed by atoms with Crippen LogP contribution in [0.25, 0.3) is 0 Å². The molecule has 0 aliphatic rings. The van der Waals surface area contributed by atoms with Crippen LogP contribution < -0.4 is 0 Å². The van der Waals surface area contributed by atoms with Crippen LogP contribution in [-0.4, -0.2) is 91.9 Å². The Balaban J connectivity index is 0. The van der Waals surface area contributed by atoms with E-state index >= 15 is 0 Å². The van der Waals surface area contributed by atoms with Crippen molar-refractivity contribution in [3.05, 3.63) is 0 Å². The Morgan fingerprint density at radius 1 is 1.00 bits per heavy atom. The molecule has 0 aliphatic carbocycles. The zero-order valence-corrected chi connectivity index (χ0v) is 16.9. The maximum atomic E-state index is 0. The van der Waals surface area contributed by atoms with Crippen LogP contribution in [-0.2, 0) is 17.1 Å². The Kier molecular flexibility index (Phi) is 199. The van der Waals surface area contributed by atoms with Crippen molar-refractivity contribution < 1.29 is 17.1 Å². The third-order valence-corrected chi connectivity index (χ3v) is 0. The quantitative estimate of drug-likeness (QED) is 0.267. The zero-order chi connectivity index (χ0) is 0. The molecule has 0 aromatic heterocycles. The Morgan fingerprint density at radius 3 is 1.00 bits per heavy atom. The fourth-order valence-electron chi connectivity index (χ4n) is 0. The van der Waals surface area contributed by atoms with Gasteiger partial charge in [-0.05, 0) is 0 Å². The molecule has 0 aliphatic heterocycles. The molecule has 0 unspecified atom stereocenters. The summed E-state index contributed by atoms with van der Waals surface area (Å²) in [5.41, 5.74) is 0. The fourth-order valence-corrected chi connectivity index (χ4v) is 0. The second-order valence-electron chi connectivity index (χ2n) is 0. The number of hydrogen-bond donors (Lipinski definition) is 0. The van der Waals surface area contributed by atoms with Crippen molar-refractivity contribution in [3.8, 4) is 0 Å². The van der Waals surface area contributed by atoms with Crippen molar-refractivity contribution in [1.82, 2.24) is 0 Å². The predicted molar refractivity (Wildman–Crippen MR) is 38.4 cm³/mol. The summed E-state index contributed by atoms with van der Waals surface area (Å²) in [5, 5.41) is 0. The van der Waals surface area contributed by atoms with Gasteiger partial charge in [-0.25, -0.2) is 0 Å². The van der Waals surface area contributed by atoms with E-state index in [4.69, 9.17) is 0 Å². The molecule has 0 spiro atoms. The number of rotatable bonds is 0. The van der Waals surface area contributed by atoms with Crippen LogP contribution >= 0.6 is 0 Å². The zero-order valence-electron chi connectivity index (χ0n) is 2.42. The van der Waals surface area contributed by atoms with Gasteiger partial charge in [0.25, 0.3) is 0 Å². The van der Waals surface area contributed by atoms with Crippen LogP contribution in [0.4, 0.5) is 0 Å². The van der Waals surface area contributed by atoms with Crippen LogP contribution in [0.1, 0.15) is 0 Å². The SMILES string of the molecule is [AlH3].[BiH3].[Cu].[SbH3].[SnH2]. The second kappa shape index (κ2) is 25.7. The predicted octanol–water partition coefficient (Wildman–Crippen LogP) is -4.47. The average molecular weight is 551 g/mol. The van der Waals surface area contributed by atoms with E-state index in [1.54, 1.807) is 0 Å². The second-order valence-corrected chi connectivity index (χ2v) is 0. The summed E-state index contributed by atoms with van der Waals surface area (Å²) < 4.78 is 0. The van der Waals surface area contributed by atoms with Crippen LogP contribution in [0, 0.1) is 0 Å². The third kappa shape index (κ3) is 18.5. The molecule has 3 radical (unpaired) electrons. The minimum atomic E-state index is 0. The summed E-state index contributed by atoms with van der Waals surface area (Å²) in [6, 6.07) is 0. The van der Waals surface area contributed by atoms with E-state index in [0.29, 0.717) is 0 Å². The van der Waals surface area contributed by atoms with E-state index in [9.17, 15) is 0 Å². The van der Waals surface area contributed by atoms with Crippen LogP contribution in [0.15, 0.2) is 0 Å². The van der Waals surface area contributed by atoms with Crippen molar-refractivity contribution in [3.63, 3.8) is 0 Å². The molecule has 0 N–H and O–H groups in total. The Hall–Kier alpha value is 3.55. The fraction of sp³-hybridized carbons (Fsp3) is 0. The van der Waals surface area contributed by atoms with Crippen LogP contribution in [0.2, 0.25) is 0 Å². The molecular weight excluding hydrogens is 540 g/mol. The van der Waals surface area contributed by atoms with Gasteiger partial charge in [-0.1, -0.05) is 0 Å². The minimum absolute atomic E-state index is 0. The summed E-state index contributed by atoms with van der Waals surface area (Å²) in [6.07, 6.45) is 0. The van der Waals surface area contributed by atoms with Crippen LogP contribution in [0.5, 0.6) is 0 Å². The van der Waals surface area contributed by atoms with E-state index in [1.807, 2.05) is 0 Å². The molecule has 0 saturated carbocycles. The molecule has 0 fully saturated rings. The van der Waals surface area contributed by atoms with Gasteiger partial charge in [0.1, 0.15) is 0 Å². The van der Waals surface area contributed by atoms with E-state index < -0.39 is 0 Å². The van der Waals surface area contributed by atoms with Crippen molar-refractivity contribution in [2.45, 2.75) is 0 Å². The van der Waals surface area contributed by atoms with E-state index in [0.717, 1.165) is 0 Å². The molecule has 0 amide bonds. The van der Waals surface area contributed by atoms with Crippen molar-refractivity contribution in [2.24, 2.45) is 0 Å². The topological polar surface area (TPSA) is 0 Å². The molecule has 0 aromatic rings. The van der Waals surface area contributed by atoms with Crippen molar-refractivity contribution >= 4 is 91.9 Å². The van der Waals surface area contributed by atoms with Gasteiger partial charge in [-0.2, -0.15) is 0 Å². The summed E-state index contributed by atoms with van der Waals surface area (Å²) in [4.78, 5) is 0. The molecule has 0 aromatic carbocycles. The summed E-state index contributed by atoms with van der Waals surface area (Å²) >= 11 is 0. The van der Waals surface area contributed by atoms with Crippen LogP contribution in [0.3, 0.4) is 0 Å². The Labute approximate surface area is 107 Å². The van der Waals surface area contributed by atoms with Gasteiger partial charge in [0.2, 0.25) is 0 Å². The van der Waals surface area contributed by atoms with Crippen molar-refractivity contribution in [2.75, 3.05) is 0 Å². The van der Waals surface area contributed by atoms with E-state index in [2.05, 4.69) is 0 Å². The molecule has 5 heteroatoms. The van der Waals surface area contributed by atoms with E-state index in [1.165, 1.54) is 0 Å². The molecule has 0 bridgehead atoms. The van der Waals surface area contributed by atoms with Gasteiger partial charge in [-0.3, -0.25) is 0 Å². The molecule has 0 saturated heterocycles. The normalized spacial score (nSPS) is 0. The van der Waals surface area contributed by atoms with Gasteiger partial charge in [0, 0.05) is 17.1 Å². The monoisotopic (exact) mass is 551 g/mol. The first-order valence-electron chi connectivity index (χ1n) is 0. The standard InChI is InChI=1S/Al.Bi.Cu.Sb.Sn.11H. The first-order valence-corrected chi connectivity index (χ1v) is 0. The third-order valence-electron chi connectivity index (χ3n) is 0. The van der Waals surface area contributed by atoms with Gasteiger partial charge in [0.05, 0.1) is 0 Å². The molecule has 0 atom stereocenters. The first-order chi connectivity index (χ1) is 0.